The normalized spacial score (nSPS) is 10.0. The Morgan fingerprint density at radius 2 is 1.94 bits per heavy atom. The second kappa shape index (κ2) is 4.60. The van der Waals surface area contributed by atoms with Crippen LogP contribution in [0.15, 0.2) is 61.2 Å². The van der Waals surface area contributed by atoms with Crippen LogP contribution >= 0.6 is 0 Å². The van der Waals surface area contributed by atoms with E-state index in [4.69, 9.17) is 0 Å². The Hall–Kier alpha value is -1.44. The van der Waals surface area contributed by atoms with Crippen molar-refractivity contribution in [1.82, 2.24) is 8.97 Å². The average Bonchev–Trinajstić information content (AvgIpc) is 2.74. The summed E-state index contributed by atoms with van der Waals surface area (Å²) in [7, 11) is 0. The molecule has 2 aromatic heterocycles. The molecule has 3 aromatic rings. The molecule has 3 rings (SSSR count). The summed E-state index contributed by atoms with van der Waals surface area (Å²) in [6.45, 7) is 0. The van der Waals surface area contributed by atoms with Gasteiger partial charge in [-0.2, -0.15) is 18.2 Å². The van der Waals surface area contributed by atoms with Gasteiger partial charge in [0.2, 0.25) is 0 Å². The number of pyridine rings is 1. The van der Waals surface area contributed by atoms with Crippen LogP contribution in [0.2, 0.25) is 0 Å². The van der Waals surface area contributed by atoms with Gasteiger partial charge < -0.3 is 0 Å². The molecule has 0 fully saturated rings. The number of nitrogens with zero attached hydrogens (tertiary/aromatic N) is 2. The van der Waals surface area contributed by atoms with Crippen molar-refractivity contribution >= 4 is 5.52 Å². The molecule has 0 unspecified atom stereocenters. The molecule has 0 saturated carbocycles. The summed E-state index contributed by atoms with van der Waals surface area (Å²) in [5, 5.41) is 0. The van der Waals surface area contributed by atoms with E-state index in [1.807, 2.05) is 48.9 Å². The van der Waals surface area contributed by atoms with Crippen LogP contribution in [0.3, 0.4) is 0 Å². The van der Waals surface area contributed by atoms with Crippen LogP contribution in [-0.2, 0) is 20.1 Å². The van der Waals surface area contributed by atoms with E-state index in [9.17, 15) is 0 Å². The Bertz CT molecular complexity index is 554. The summed E-state index contributed by atoms with van der Waals surface area (Å²) >= 11 is 0. The summed E-state index contributed by atoms with van der Waals surface area (Å²) in [6, 6.07) is 17.3. The molecule has 0 aliphatic rings. The van der Waals surface area contributed by atoms with E-state index in [1.54, 1.807) is 0 Å². The van der Waals surface area contributed by atoms with Crippen molar-refractivity contribution in [2.75, 3.05) is 0 Å². The topological polar surface area (TPSA) is 9.34 Å². The Kier molecular flexibility index (Phi) is 3.18. The molecule has 0 aliphatic carbocycles. The molecule has 1 aromatic carbocycles. The first-order valence-corrected chi connectivity index (χ1v) is 4.88. The van der Waals surface area contributed by atoms with Gasteiger partial charge in [0, 0.05) is 26.2 Å². The first kappa shape index (κ1) is 11.1. The third-order valence-electron chi connectivity index (χ3n) is 2.41. The molecule has 0 amide bonds. The number of fused-ring (bicyclic) bond motifs is 1. The molecule has 3 heteroatoms. The van der Waals surface area contributed by atoms with Crippen molar-refractivity contribution in [2.24, 2.45) is 0 Å². The zero-order valence-corrected chi connectivity index (χ0v) is 10.9. The van der Waals surface area contributed by atoms with Crippen LogP contribution in [0.1, 0.15) is 0 Å². The summed E-state index contributed by atoms with van der Waals surface area (Å²) in [5.41, 5.74) is 2.23. The zero-order chi connectivity index (χ0) is 10.1. The monoisotopic (exact) mass is 387 g/mol. The zero-order valence-electron chi connectivity index (χ0n) is 8.50. The summed E-state index contributed by atoms with van der Waals surface area (Å²) in [4.78, 5) is 0. The van der Waals surface area contributed by atoms with Crippen LogP contribution in [0.25, 0.3) is 11.2 Å². The summed E-state index contributed by atoms with van der Waals surface area (Å²) in [5.74, 6) is 0. The van der Waals surface area contributed by atoms with Gasteiger partial charge in [0.25, 0.3) is 0 Å². The SMILES string of the molecule is [Ir].[c-]1ccccc1-n1cc2ccccn2[cH+]1. The first-order chi connectivity index (χ1) is 7.43. The number of hydrogen-bond donors (Lipinski definition) is 0. The van der Waals surface area contributed by atoms with Crippen LogP contribution in [0.5, 0.6) is 0 Å². The molecule has 16 heavy (non-hydrogen) atoms. The predicted molar refractivity (Wildman–Crippen MR) is 60.0 cm³/mol. The van der Waals surface area contributed by atoms with Crippen molar-refractivity contribution in [2.45, 2.75) is 0 Å². The van der Waals surface area contributed by atoms with Gasteiger partial charge in [-0.25, -0.2) is 8.97 Å². The van der Waals surface area contributed by atoms with Crippen molar-refractivity contribution < 1.29 is 20.1 Å². The molecule has 0 bridgehead atoms. The maximum atomic E-state index is 3.20. The minimum Gasteiger partial charge on any atom is -0.231 e. The summed E-state index contributed by atoms with van der Waals surface area (Å²) < 4.78 is 4.15. The van der Waals surface area contributed by atoms with Crippen molar-refractivity contribution in [3.05, 3.63) is 67.3 Å². The molecule has 2 heterocycles. The van der Waals surface area contributed by atoms with E-state index in [1.165, 1.54) is 5.52 Å². The molecule has 2 nitrogen and oxygen atoms in total. The number of hydrogen-bond acceptors (Lipinski definition) is 0. The van der Waals surface area contributed by atoms with Gasteiger partial charge in [-0.15, -0.1) is 12.1 Å². The average molecular weight is 386 g/mol. The molecule has 0 spiro atoms. The maximum Gasteiger partial charge on any atom is 0.160 e. The van der Waals surface area contributed by atoms with Crippen molar-refractivity contribution in [3.8, 4) is 5.69 Å². The third-order valence-corrected chi connectivity index (χ3v) is 2.41. The van der Waals surface area contributed by atoms with E-state index in [0.29, 0.717) is 0 Å². The van der Waals surface area contributed by atoms with Gasteiger partial charge >= 0.3 is 0 Å². The fourth-order valence-electron chi connectivity index (χ4n) is 1.67. The standard InChI is InChI=1S/C13H10N2.Ir/c1-2-6-12(7-3-1)15-10-13-8-4-5-9-14(13)11-15;/h1-6,8-11H;. The van der Waals surface area contributed by atoms with Gasteiger partial charge in [0.15, 0.2) is 11.8 Å². The molecule has 0 atom stereocenters. The molecule has 81 valence electrons. The third kappa shape index (κ3) is 1.92. The van der Waals surface area contributed by atoms with E-state index >= 15 is 0 Å². The van der Waals surface area contributed by atoms with Crippen molar-refractivity contribution in [3.63, 3.8) is 0 Å². The van der Waals surface area contributed by atoms with E-state index in [0.717, 1.165) is 5.69 Å². The minimum atomic E-state index is 0. The van der Waals surface area contributed by atoms with Gasteiger partial charge in [0.1, 0.15) is 6.20 Å². The van der Waals surface area contributed by atoms with Crippen LogP contribution in [-0.4, -0.2) is 8.97 Å². The van der Waals surface area contributed by atoms with Gasteiger partial charge in [-0.05, 0) is 17.8 Å². The molecule has 1 radical (unpaired) electrons. The quantitative estimate of drug-likeness (QED) is 0.569. The number of para-hydroxylation sites is 1. The van der Waals surface area contributed by atoms with Gasteiger partial charge in [0.05, 0.1) is 6.20 Å². The largest absolute Gasteiger partial charge is 0.231 e. The van der Waals surface area contributed by atoms with Crippen LogP contribution in [0.4, 0.5) is 0 Å². The van der Waals surface area contributed by atoms with E-state index in [2.05, 4.69) is 27.3 Å². The predicted octanol–water partition coefficient (Wildman–Crippen LogP) is 2.81. The van der Waals surface area contributed by atoms with E-state index in [-0.39, 0.29) is 20.1 Å². The Labute approximate surface area is 108 Å². The van der Waals surface area contributed by atoms with Gasteiger partial charge in [-0.1, -0.05) is 0 Å². The second-order valence-corrected chi connectivity index (χ2v) is 3.43. The molecular weight excluding hydrogens is 376 g/mol. The number of rotatable bonds is 1. The Morgan fingerprint density at radius 3 is 2.69 bits per heavy atom. The summed E-state index contributed by atoms with van der Waals surface area (Å²) in [6.07, 6.45) is 6.17. The molecule has 0 aliphatic heterocycles. The molecule has 0 saturated heterocycles. The van der Waals surface area contributed by atoms with Crippen LogP contribution < -0.4 is 0 Å². The second-order valence-electron chi connectivity index (χ2n) is 3.43. The maximum absolute atomic E-state index is 3.20. The number of benzene rings is 1. The first-order valence-electron chi connectivity index (χ1n) is 4.88. The van der Waals surface area contributed by atoms with Crippen LogP contribution in [0, 0.1) is 6.07 Å². The molecule has 0 N–H and O–H groups in total. The Morgan fingerprint density at radius 1 is 1.06 bits per heavy atom. The number of aromatic nitrogens is 2. The number of imidazole rings is 1. The fourth-order valence-corrected chi connectivity index (χ4v) is 1.67. The smallest absolute Gasteiger partial charge is 0.160 e. The van der Waals surface area contributed by atoms with Crippen molar-refractivity contribution in [1.29, 1.82) is 0 Å². The van der Waals surface area contributed by atoms with Gasteiger partial charge in [-0.3, -0.25) is 0 Å². The molecular formula is C13H10IrN2. The fraction of sp³-hybridized carbons (Fsp3) is 0. The Balaban J connectivity index is 0.000000963. The minimum absolute atomic E-state index is 0. The van der Waals surface area contributed by atoms with E-state index < -0.39 is 0 Å².